The number of aliphatic hydroxyl groups is 1. The second-order valence-electron chi connectivity index (χ2n) is 3.24. The van der Waals surface area contributed by atoms with E-state index in [0.29, 0.717) is 6.42 Å². The summed E-state index contributed by atoms with van der Waals surface area (Å²) in [7, 11) is 0. The molecule has 0 bridgehead atoms. The van der Waals surface area contributed by atoms with Crippen molar-refractivity contribution in [3.63, 3.8) is 0 Å². The Balaban J connectivity index is 0. The fourth-order valence-electron chi connectivity index (χ4n) is 0.893. The van der Waals surface area contributed by atoms with E-state index in [1.807, 2.05) is 6.92 Å². The number of hydrogen-bond donors (Lipinski definition) is 1. The van der Waals surface area contributed by atoms with Gasteiger partial charge in [0.05, 0.1) is 5.97 Å². The molecule has 1 unspecified atom stereocenters. The molecule has 4 nitrogen and oxygen atoms in total. The Morgan fingerprint density at radius 1 is 1.36 bits per heavy atom. The average molecular weight is 210 g/mol. The van der Waals surface area contributed by atoms with Crippen LogP contribution >= 0.6 is 0 Å². The van der Waals surface area contributed by atoms with Crippen molar-refractivity contribution in [3.05, 3.63) is 0 Å². The Hall–Kier alpha value is 0.100. The third-order valence-electron chi connectivity index (χ3n) is 1.95. The Labute approximate surface area is 106 Å². The number of rotatable bonds is 6. The Bertz CT molecular complexity index is 201. The van der Waals surface area contributed by atoms with Crippen LogP contribution in [0.2, 0.25) is 0 Å². The molecule has 0 aromatic carbocycles. The zero-order chi connectivity index (χ0) is 10.5. The molecular weight excluding hydrogens is 195 g/mol. The van der Waals surface area contributed by atoms with Crippen LogP contribution in [0.1, 0.15) is 39.5 Å². The minimum Gasteiger partial charge on any atom is -0.547 e. The van der Waals surface area contributed by atoms with E-state index in [9.17, 15) is 14.7 Å². The van der Waals surface area contributed by atoms with Gasteiger partial charge in [-0.2, -0.15) is 0 Å². The maximum absolute atomic E-state index is 11.1. The molecule has 0 aliphatic rings. The Morgan fingerprint density at radius 2 is 1.86 bits per heavy atom. The first-order valence-electron chi connectivity index (χ1n) is 4.40. The molecule has 0 saturated carbocycles. The van der Waals surface area contributed by atoms with E-state index in [1.54, 1.807) is 0 Å². The van der Waals surface area contributed by atoms with E-state index < -0.39 is 17.4 Å². The van der Waals surface area contributed by atoms with Crippen LogP contribution in [-0.2, 0) is 9.59 Å². The van der Waals surface area contributed by atoms with Crippen LogP contribution in [0.4, 0.5) is 0 Å². The quantitative estimate of drug-likeness (QED) is 0.282. The van der Waals surface area contributed by atoms with Crippen molar-refractivity contribution in [2.24, 2.45) is 0 Å². The van der Waals surface area contributed by atoms with Crippen molar-refractivity contribution in [2.45, 2.75) is 45.1 Å². The number of aliphatic carboxylic acids is 1. The molecule has 0 saturated heterocycles. The van der Waals surface area contributed by atoms with Crippen LogP contribution < -0.4 is 34.7 Å². The Kier molecular flexibility index (Phi) is 8.73. The fourth-order valence-corrected chi connectivity index (χ4v) is 0.893. The second-order valence-corrected chi connectivity index (χ2v) is 3.24. The number of unbranched alkanes of at least 4 members (excludes halogenated alkanes) is 2. The van der Waals surface area contributed by atoms with Gasteiger partial charge in [0.25, 0.3) is 0 Å². The van der Waals surface area contributed by atoms with Crippen molar-refractivity contribution < 1.29 is 49.4 Å². The summed E-state index contributed by atoms with van der Waals surface area (Å²) in [5, 5.41) is 19.5. The van der Waals surface area contributed by atoms with Crippen molar-refractivity contribution in [2.75, 3.05) is 0 Å². The van der Waals surface area contributed by atoms with E-state index in [1.165, 1.54) is 0 Å². The number of carboxylic acids is 1. The summed E-state index contributed by atoms with van der Waals surface area (Å²) in [6, 6.07) is 0. The average Bonchev–Trinajstić information content (AvgIpc) is 2.04. The van der Waals surface area contributed by atoms with Crippen LogP contribution in [-0.4, -0.2) is 22.5 Å². The summed E-state index contributed by atoms with van der Waals surface area (Å²) in [6.45, 7) is 2.93. The standard InChI is InChI=1S/C9H16O4.Na/c1-3-4-5-6-7(10)9(2,13)8(11)12;/h13H,3-6H2,1-2H3,(H,11,12);/q;+1/p-1. The molecule has 14 heavy (non-hydrogen) atoms. The SMILES string of the molecule is CCCCCC(=O)C(C)(O)C(=O)[O-].[Na+]. The van der Waals surface area contributed by atoms with Gasteiger partial charge in [-0.25, -0.2) is 0 Å². The molecule has 0 aliphatic carbocycles. The summed E-state index contributed by atoms with van der Waals surface area (Å²) >= 11 is 0. The van der Waals surface area contributed by atoms with Crippen molar-refractivity contribution in [3.8, 4) is 0 Å². The molecular formula is C9H15NaO4. The van der Waals surface area contributed by atoms with Gasteiger partial charge in [0.1, 0.15) is 0 Å². The maximum Gasteiger partial charge on any atom is 1.00 e. The normalized spacial score (nSPS) is 13.9. The van der Waals surface area contributed by atoms with Gasteiger partial charge < -0.3 is 15.0 Å². The van der Waals surface area contributed by atoms with Crippen LogP contribution in [0.3, 0.4) is 0 Å². The molecule has 0 fully saturated rings. The maximum atomic E-state index is 11.1. The zero-order valence-corrected chi connectivity index (χ0v) is 11.0. The predicted octanol–water partition coefficient (Wildman–Crippen LogP) is -3.36. The minimum atomic E-state index is -2.33. The zero-order valence-electron chi connectivity index (χ0n) is 9.00. The molecule has 1 N–H and O–H groups in total. The smallest absolute Gasteiger partial charge is 0.547 e. The molecule has 1 atom stereocenters. The monoisotopic (exact) mass is 210 g/mol. The Morgan fingerprint density at radius 3 is 2.21 bits per heavy atom. The molecule has 0 rings (SSSR count). The first-order chi connectivity index (χ1) is 5.92. The molecule has 0 heterocycles. The molecule has 0 aromatic rings. The topological polar surface area (TPSA) is 77.4 Å². The molecule has 0 spiro atoms. The summed E-state index contributed by atoms with van der Waals surface area (Å²) in [6.07, 6.45) is 2.50. The van der Waals surface area contributed by atoms with E-state index in [2.05, 4.69) is 0 Å². The van der Waals surface area contributed by atoms with E-state index >= 15 is 0 Å². The van der Waals surface area contributed by atoms with Gasteiger partial charge >= 0.3 is 29.6 Å². The molecule has 5 heteroatoms. The number of hydrogen-bond acceptors (Lipinski definition) is 4. The number of ketones is 1. The van der Waals surface area contributed by atoms with Crippen LogP contribution in [0.15, 0.2) is 0 Å². The van der Waals surface area contributed by atoms with Crippen molar-refractivity contribution in [1.82, 2.24) is 0 Å². The summed E-state index contributed by atoms with van der Waals surface area (Å²) in [5.74, 6) is -2.41. The molecule has 76 valence electrons. The molecule has 0 aliphatic heterocycles. The van der Waals surface area contributed by atoms with E-state index in [-0.39, 0.29) is 36.0 Å². The molecule has 0 amide bonds. The summed E-state index contributed by atoms with van der Waals surface area (Å²) < 4.78 is 0. The van der Waals surface area contributed by atoms with E-state index in [0.717, 1.165) is 19.8 Å². The summed E-state index contributed by atoms with van der Waals surface area (Å²) in [5.41, 5.74) is -2.33. The summed E-state index contributed by atoms with van der Waals surface area (Å²) in [4.78, 5) is 21.4. The second kappa shape index (κ2) is 7.40. The number of Topliss-reactive ketones (excluding diaryl/α,β-unsaturated/α-hetero) is 1. The van der Waals surface area contributed by atoms with E-state index in [4.69, 9.17) is 5.11 Å². The first kappa shape index (κ1) is 16.5. The van der Waals surface area contributed by atoms with Gasteiger partial charge in [0.15, 0.2) is 11.4 Å². The van der Waals surface area contributed by atoms with Crippen molar-refractivity contribution in [1.29, 1.82) is 0 Å². The van der Waals surface area contributed by atoms with Gasteiger partial charge in [-0.3, -0.25) is 4.79 Å². The van der Waals surface area contributed by atoms with Gasteiger partial charge in [0.2, 0.25) is 0 Å². The molecule has 0 aromatic heterocycles. The largest absolute Gasteiger partial charge is 1.00 e. The third kappa shape index (κ3) is 5.10. The predicted molar refractivity (Wildman–Crippen MR) is 44.8 cm³/mol. The van der Waals surface area contributed by atoms with Gasteiger partial charge in [-0.1, -0.05) is 19.8 Å². The fraction of sp³-hybridized carbons (Fsp3) is 0.778. The van der Waals surface area contributed by atoms with Crippen LogP contribution in [0, 0.1) is 0 Å². The minimum absolute atomic E-state index is 0. The van der Waals surface area contributed by atoms with Crippen molar-refractivity contribution >= 4 is 11.8 Å². The number of carbonyl (C=O) groups is 2. The number of carboxylic acid groups (broad SMARTS) is 1. The van der Waals surface area contributed by atoms with Gasteiger partial charge in [0, 0.05) is 6.42 Å². The van der Waals surface area contributed by atoms with Crippen LogP contribution in [0.5, 0.6) is 0 Å². The molecule has 0 radical (unpaired) electrons. The van der Waals surface area contributed by atoms with Gasteiger partial charge in [-0.05, 0) is 13.3 Å². The van der Waals surface area contributed by atoms with Gasteiger partial charge in [-0.15, -0.1) is 0 Å². The first-order valence-corrected chi connectivity index (χ1v) is 4.40. The number of carbonyl (C=O) groups excluding carboxylic acids is 2. The third-order valence-corrected chi connectivity index (χ3v) is 1.95. The van der Waals surface area contributed by atoms with Crippen LogP contribution in [0.25, 0.3) is 0 Å².